The predicted molar refractivity (Wildman–Crippen MR) is 137 cm³/mol. The molecule has 0 aliphatic heterocycles. The first-order valence-corrected chi connectivity index (χ1v) is 12.1. The van der Waals surface area contributed by atoms with Crippen LogP contribution in [0.4, 0.5) is 10.5 Å². The molecule has 0 saturated carbocycles. The highest BCUT2D eigenvalue weighted by molar-refractivity contribution is 6.00. The SMILES string of the molecule is CCCCCCCNC(=O)N(C)c1c2ccc(-c3ccccc3)c1C2c1ccccc1C(=O)O. The van der Waals surface area contributed by atoms with Crippen LogP contribution in [0.3, 0.4) is 0 Å². The van der Waals surface area contributed by atoms with Crippen LogP contribution in [0.25, 0.3) is 11.1 Å². The molecule has 176 valence electrons. The predicted octanol–water partition coefficient (Wildman–Crippen LogP) is 6.66. The molecule has 4 rings (SSSR count). The van der Waals surface area contributed by atoms with Crippen molar-refractivity contribution in [1.29, 1.82) is 0 Å². The van der Waals surface area contributed by atoms with E-state index in [4.69, 9.17) is 0 Å². The standard InChI is InChI=1S/C29H32N2O3/c1-3-4-5-6-12-19-30-29(34)31(2)27-24-18-17-21(20-13-8-7-9-14-20)26(27)25(24)22-15-10-11-16-23(22)28(32)33/h7-11,13-18,25H,3-6,12,19H2,1-2H3,(H,30,34)(H,32,33). The molecule has 2 bridgehead atoms. The average molecular weight is 457 g/mol. The Labute approximate surface area is 201 Å². The van der Waals surface area contributed by atoms with Gasteiger partial charge < -0.3 is 10.4 Å². The van der Waals surface area contributed by atoms with E-state index in [0.717, 1.165) is 46.3 Å². The number of benzene rings is 3. The second-order valence-corrected chi connectivity index (χ2v) is 8.86. The monoisotopic (exact) mass is 456 g/mol. The van der Waals surface area contributed by atoms with E-state index in [1.165, 1.54) is 19.3 Å². The highest BCUT2D eigenvalue weighted by Crippen LogP contribution is 2.55. The number of carbonyl (C=O) groups is 2. The van der Waals surface area contributed by atoms with Gasteiger partial charge in [0.1, 0.15) is 0 Å². The van der Waals surface area contributed by atoms with Gasteiger partial charge in [-0.25, -0.2) is 9.59 Å². The van der Waals surface area contributed by atoms with Crippen molar-refractivity contribution in [3.8, 4) is 11.1 Å². The summed E-state index contributed by atoms with van der Waals surface area (Å²) in [5.41, 5.74) is 5.97. The van der Waals surface area contributed by atoms with Crippen LogP contribution in [0.15, 0.2) is 66.7 Å². The topological polar surface area (TPSA) is 69.6 Å². The van der Waals surface area contributed by atoms with E-state index in [1.807, 2.05) is 48.5 Å². The molecule has 0 saturated heterocycles. The van der Waals surface area contributed by atoms with Crippen molar-refractivity contribution in [3.05, 3.63) is 89.0 Å². The molecular formula is C29H32N2O3. The maximum atomic E-state index is 13.0. The lowest BCUT2D eigenvalue weighted by atomic mass is 9.69. The number of nitrogens with one attached hydrogen (secondary N) is 1. The van der Waals surface area contributed by atoms with E-state index >= 15 is 0 Å². The summed E-state index contributed by atoms with van der Waals surface area (Å²) in [5, 5.41) is 12.8. The van der Waals surface area contributed by atoms with Crippen molar-refractivity contribution < 1.29 is 14.7 Å². The molecule has 5 nitrogen and oxygen atoms in total. The van der Waals surface area contributed by atoms with Gasteiger partial charge in [-0.1, -0.05) is 93.3 Å². The van der Waals surface area contributed by atoms with Gasteiger partial charge in [0.25, 0.3) is 0 Å². The van der Waals surface area contributed by atoms with Gasteiger partial charge in [0.2, 0.25) is 0 Å². The molecule has 3 aromatic rings. The first-order valence-electron chi connectivity index (χ1n) is 12.1. The van der Waals surface area contributed by atoms with Crippen LogP contribution in [0.2, 0.25) is 0 Å². The Kier molecular flexibility index (Phi) is 7.31. The van der Waals surface area contributed by atoms with Crippen molar-refractivity contribution >= 4 is 17.7 Å². The number of carboxylic acid groups (broad SMARTS) is 1. The number of aromatic carboxylic acids is 1. The third-order valence-corrected chi connectivity index (χ3v) is 6.63. The van der Waals surface area contributed by atoms with E-state index in [9.17, 15) is 14.7 Å². The summed E-state index contributed by atoms with van der Waals surface area (Å²) in [5.74, 6) is -1.12. The summed E-state index contributed by atoms with van der Waals surface area (Å²) in [6.45, 7) is 2.84. The summed E-state index contributed by atoms with van der Waals surface area (Å²) in [6, 6.07) is 21.2. The molecule has 0 radical (unpaired) electrons. The number of nitrogens with zero attached hydrogens (tertiary/aromatic N) is 1. The molecule has 1 unspecified atom stereocenters. The normalized spacial score (nSPS) is 13.8. The molecular weight excluding hydrogens is 424 g/mol. The first-order chi connectivity index (χ1) is 16.5. The van der Waals surface area contributed by atoms with Crippen molar-refractivity contribution in [2.24, 2.45) is 0 Å². The molecule has 0 heterocycles. The fourth-order valence-electron chi connectivity index (χ4n) is 4.88. The molecule has 5 heteroatoms. The molecule has 3 aromatic carbocycles. The van der Waals surface area contributed by atoms with Crippen LogP contribution in [-0.4, -0.2) is 30.7 Å². The van der Waals surface area contributed by atoms with Gasteiger partial charge in [-0.05, 0) is 40.3 Å². The molecule has 2 N–H and O–H groups in total. The van der Waals surface area contributed by atoms with Crippen molar-refractivity contribution in [2.75, 3.05) is 18.5 Å². The van der Waals surface area contributed by atoms with Crippen LogP contribution in [0.1, 0.15) is 72.0 Å². The zero-order valence-corrected chi connectivity index (χ0v) is 19.9. The summed E-state index contributed by atoms with van der Waals surface area (Å²) < 4.78 is 0. The summed E-state index contributed by atoms with van der Waals surface area (Å²) in [4.78, 5) is 26.6. The second kappa shape index (κ2) is 10.6. The molecule has 34 heavy (non-hydrogen) atoms. The van der Waals surface area contributed by atoms with Gasteiger partial charge in [-0.2, -0.15) is 0 Å². The van der Waals surface area contributed by atoms with Crippen LogP contribution < -0.4 is 10.2 Å². The van der Waals surface area contributed by atoms with Gasteiger partial charge in [0, 0.05) is 19.5 Å². The fraction of sp³-hybridized carbons (Fsp3) is 0.310. The number of carboxylic acids is 1. The van der Waals surface area contributed by atoms with E-state index in [2.05, 4.69) is 18.3 Å². The quantitative estimate of drug-likeness (QED) is 0.262. The molecule has 2 amide bonds. The van der Waals surface area contributed by atoms with E-state index in [0.29, 0.717) is 12.1 Å². The number of rotatable bonds is 10. The fourth-order valence-corrected chi connectivity index (χ4v) is 4.88. The number of amides is 2. The number of unbranched alkanes of at least 4 members (excludes halogenated alkanes) is 4. The summed E-state index contributed by atoms with van der Waals surface area (Å²) >= 11 is 0. The van der Waals surface area contributed by atoms with E-state index < -0.39 is 5.97 Å². The number of fused-ring (bicyclic) bond motifs is 2. The summed E-state index contributed by atoms with van der Waals surface area (Å²) in [6.07, 6.45) is 5.71. The van der Waals surface area contributed by atoms with E-state index in [-0.39, 0.29) is 11.9 Å². The van der Waals surface area contributed by atoms with Crippen LogP contribution in [-0.2, 0) is 0 Å². The number of anilines is 1. The van der Waals surface area contributed by atoms with Gasteiger partial charge >= 0.3 is 12.0 Å². The minimum Gasteiger partial charge on any atom is -0.478 e. The molecule has 0 spiro atoms. The third-order valence-electron chi connectivity index (χ3n) is 6.63. The number of hydrogen-bond acceptors (Lipinski definition) is 2. The average Bonchev–Trinajstić information content (AvgIpc) is 2.86. The van der Waals surface area contributed by atoms with Gasteiger partial charge in [-0.3, -0.25) is 4.90 Å². The Hall–Kier alpha value is -3.60. The van der Waals surface area contributed by atoms with E-state index in [1.54, 1.807) is 24.1 Å². The maximum absolute atomic E-state index is 13.0. The van der Waals surface area contributed by atoms with Gasteiger partial charge in [0.15, 0.2) is 0 Å². The molecule has 1 atom stereocenters. The van der Waals surface area contributed by atoms with Crippen molar-refractivity contribution in [3.63, 3.8) is 0 Å². The Morgan fingerprint density at radius 3 is 2.32 bits per heavy atom. The largest absolute Gasteiger partial charge is 0.478 e. The molecule has 1 aliphatic rings. The highest BCUT2D eigenvalue weighted by atomic mass is 16.4. The molecule has 1 aliphatic carbocycles. The lowest BCUT2D eigenvalue weighted by Gasteiger charge is -2.40. The maximum Gasteiger partial charge on any atom is 0.335 e. The Bertz CT molecular complexity index is 1170. The molecule has 0 aromatic heterocycles. The Morgan fingerprint density at radius 1 is 0.882 bits per heavy atom. The van der Waals surface area contributed by atoms with Crippen molar-refractivity contribution in [1.82, 2.24) is 5.32 Å². The lowest BCUT2D eigenvalue weighted by molar-refractivity contribution is 0.0695. The van der Waals surface area contributed by atoms with Gasteiger partial charge in [-0.15, -0.1) is 0 Å². The number of carbonyl (C=O) groups excluding carboxylic acids is 1. The first kappa shape index (κ1) is 23.6. The molecule has 0 fully saturated rings. The van der Waals surface area contributed by atoms with Crippen LogP contribution >= 0.6 is 0 Å². The highest BCUT2D eigenvalue weighted by Gasteiger charge is 2.40. The van der Waals surface area contributed by atoms with Crippen LogP contribution in [0.5, 0.6) is 0 Å². The lowest BCUT2D eigenvalue weighted by Crippen LogP contribution is -2.41. The van der Waals surface area contributed by atoms with Gasteiger partial charge in [0.05, 0.1) is 11.3 Å². The van der Waals surface area contributed by atoms with Crippen molar-refractivity contribution in [2.45, 2.75) is 44.9 Å². The van der Waals surface area contributed by atoms with Crippen LogP contribution in [0, 0.1) is 0 Å². The zero-order chi connectivity index (χ0) is 24.1. The second-order valence-electron chi connectivity index (χ2n) is 8.86. The number of hydrogen-bond donors (Lipinski definition) is 2. The minimum absolute atomic E-state index is 0.131. The minimum atomic E-state index is -0.942. The Balaban J connectivity index is 1.65. The third kappa shape index (κ3) is 4.56. The zero-order valence-electron chi connectivity index (χ0n) is 19.9. The summed E-state index contributed by atoms with van der Waals surface area (Å²) in [7, 11) is 1.79. The number of urea groups is 1. The smallest absolute Gasteiger partial charge is 0.335 e. The Morgan fingerprint density at radius 2 is 1.59 bits per heavy atom.